The highest BCUT2D eigenvalue weighted by Crippen LogP contribution is 2.26. The predicted octanol–water partition coefficient (Wildman–Crippen LogP) is 4.73. The van der Waals surface area contributed by atoms with Gasteiger partial charge in [-0.05, 0) is 70.6 Å². The van der Waals surface area contributed by atoms with Crippen LogP contribution in [0.1, 0.15) is 44.7 Å². The zero-order valence-corrected chi connectivity index (χ0v) is 20.9. The molecular weight excluding hydrogens is 472 g/mol. The number of benzene rings is 2. The molecule has 0 spiro atoms. The molecule has 0 unspecified atom stereocenters. The normalized spacial score (nSPS) is 11.5. The van der Waals surface area contributed by atoms with Crippen molar-refractivity contribution in [1.29, 1.82) is 0 Å². The van der Waals surface area contributed by atoms with E-state index in [1.54, 1.807) is 12.0 Å². The summed E-state index contributed by atoms with van der Waals surface area (Å²) < 4.78 is 11.8. The Morgan fingerprint density at radius 2 is 1.75 bits per heavy atom. The van der Waals surface area contributed by atoms with Crippen molar-refractivity contribution in [2.45, 2.75) is 52.6 Å². The smallest absolute Gasteiger partial charge is 0.261 e. The van der Waals surface area contributed by atoms with Gasteiger partial charge >= 0.3 is 0 Å². The molecule has 174 valence electrons. The minimum atomic E-state index is -0.578. The molecule has 0 bridgehead atoms. The van der Waals surface area contributed by atoms with Crippen LogP contribution >= 0.6 is 15.9 Å². The highest BCUT2D eigenvalue weighted by molar-refractivity contribution is 9.10. The van der Waals surface area contributed by atoms with E-state index in [9.17, 15) is 9.59 Å². The molecule has 0 aromatic heterocycles. The summed E-state index contributed by atoms with van der Waals surface area (Å²) in [6, 6.07) is 12.7. The molecule has 0 heterocycles. The number of halogens is 1. The first-order chi connectivity index (χ1) is 15.4. The van der Waals surface area contributed by atoms with Gasteiger partial charge < -0.3 is 19.7 Å². The number of nitrogens with zero attached hydrogens (tertiary/aromatic N) is 1. The van der Waals surface area contributed by atoms with Crippen LogP contribution in [-0.2, 0) is 22.6 Å². The van der Waals surface area contributed by atoms with E-state index in [2.05, 4.69) is 28.2 Å². The first-order valence-electron chi connectivity index (χ1n) is 11.0. The lowest BCUT2D eigenvalue weighted by atomic mass is 10.1. The minimum Gasteiger partial charge on any atom is -0.497 e. The lowest BCUT2D eigenvalue weighted by Gasteiger charge is -2.30. The quantitative estimate of drug-likeness (QED) is 0.453. The maximum atomic E-state index is 13.2. The van der Waals surface area contributed by atoms with Crippen molar-refractivity contribution in [2.75, 3.05) is 20.3 Å². The summed E-state index contributed by atoms with van der Waals surface area (Å²) in [5.41, 5.74) is 2.09. The fourth-order valence-electron chi connectivity index (χ4n) is 3.32. The number of nitrogens with one attached hydrogen (secondary N) is 1. The van der Waals surface area contributed by atoms with Gasteiger partial charge in [0.25, 0.3) is 5.91 Å². The third-order valence-electron chi connectivity index (χ3n) is 5.20. The second-order valence-corrected chi connectivity index (χ2v) is 8.35. The standard InChI is InChI=1S/C25H33BrN2O4/c1-5-14-27-25(30)22(7-3)28(16-19-8-11-20(31-4)12-9-19)24(29)17-32-23-13-10-18(6-2)15-21(23)26/h8-13,15,22H,5-7,14,16-17H2,1-4H3,(H,27,30)/t22-/m0/s1. The highest BCUT2D eigenvalue weighted by Gasteiger charge is 2.28. The number of aryl methyl sites for hydroxylation is 1. The molecule has 0 saturated heterocycles. The Labute approximate surface area is 199 Å². The SMILES string of the molecule is CCCNC(=O)[C@H](CC)N(Cc1ccc(OC)cc1)C(=O)COc1ccc(CC)cc1Br. The monoisotopic (exact) mass is 504 g/mol. The highest BCUT2D eigenvalue weighted by atomic mass is 79.9. The van der Waals surface area contributed by atoms with Gasteiger partial charge in [0, 0.05) is 13.1 Å². The molecule has 0 aliphatic heterocycles. The largest absolute Gasteiger partial charge is 0.497 e. The van der Waals surface area contributed by atoms with Gasteiger partial charge in [0.15, 0.2) is 6.61 Å². The van der Waals surface area contributed by atoms with Gasteiger partial charge in [0.05, 0.1) is 11.6 Å². The fourth-order valence-corrected chi connectivity index (χ4v) is 3.86. The Kier molecular flexibility index (Phi) is 10.5. The Morgan fingerprint density at radius 3 is 2.31 bits per heavy atom. The number of carbonyl (C=O) groups is 2. The molecule has 7 heteroatoms. The van der Waals surface area contributed by atoms with Crippen LogP contribution in [0.2, 0.25) is 0 Å². The Morgan fingerprint density at radius 1 is 1.06 bits per heavy atom. The van der Waals surface area contributed by atoms with E-state index >= 15 is 0 Å². The Bertz CT molecular complexity index is 886. The van der Waals surface area contributed by atoms with E-state index in [0.29, 0.717) is 25.3 Å². The third kappa shape index (κ3) is 7.26. The van der Waals surface area contributed by atoms with Crippen molar-refractivity contribution in [2.24, 2.45) is 0 Å². The van der Waals surface area contributed by atoms with Gasteiger partial charge in [-0.3, -0.25) is 9.59 Å². The lowest BCUT2D eigenvalue weighted by molar-refractivity contribution is -0.143. The Balaban J connectivity index is 2.20. The fraction of sp³-hybridized carbons (Fsp3) is 0.440. The molecule has 0 aliphatic carbocycles. The number of hydrogen-bond acceptors (Lipinski definition) is 4. The molecule has 1 atom stereocenters. The van der Waals surface area contributed by atoms with E-state index in [1.165, 1.54) is 5.56 Å². The number of amides is 2. The summed E-state index contributed by atoms with van der Waals surface area (Å²) in [7, 11) is 1.61. The van der Waals surface area contributed by atoms with E-state index in [4.69, 9.17) is 9.47 Å². The van der Waals surface area contributed by atoms with Crippen LogP contribution in [0, 0.1) is 0 Å². The van der Waals surface area contributed by atoms with Crippen LogP contribution < -0.4 is 14.8 Å². The van der Waals surface area contributed by atoms with Crippen LogP contribution in [0.4, 0.5) is 0 Å². The van der Waals surface area contributed by atoms with Crippen molar-refractivity contribution in [3.05, 3.63) is 58.1 Å². The molecule has 1 N–H and O–H groups in total. The first-order valence-corrected chi connectivity index (χ1v) is 11.8. The second kappa shape index (κ2) is 13.1. The molecule has 2 aromatic rings. The van der Waals surface area contributed by atoms with Gasteiger partial charge in [-0.15, -0.1) is 0 Å². The molecule has 32 heavy (non-hydrogen) atoms. The molecule has 2 amide bonds. The van der Waals surface area contributed by atoms with Crippen LogP contribution in [0.3, 0.4) is 0 Å². The number of ether oxygens (including phenoxy) is 2. The first kappa shape index (κ1) is 25.7. The molecule has 0 saturated carbocycles. The maximum Gasteiger partial charge on any atom is 0.261 e. The zero-order chi connectivity index (χ0) is 23.5. The molecule has 2 aromatic carbocycles. The molecule has 6 nitrogen and oxygen atoms in total. The topological polar surface area (TPSA) is 67.9 Å². The van der Waals surface area contributed by atoms with E-state index in [0.717, 1.165) is 28.6 Å². The maximum absolute atomic E-state index is 13.2. The van der Waals surface area contributed by atoms with Crippen molar-refractivity contribution in [1.82, 2.24) is 10.2 Å². The minimum absolute atomic E-state index is 0.148. The number of rotatable bonds is 12. The van der Waals surface area contributed by atoms with Crippen LogP contribution in [0.15, 0.2) is 46.9 Å². The summed E-state index contributed by atoms with van der Waals surface area (Å²) in [5.74, 6) is 0.946. The average molecular weight is 505 g/mol. The van der Waals surface area contributed by atoms with Crippen molar-refractivity contribution < 1.29 is 19.1 Å². The van der Waals surface area contributed by atoms with E-state index in [-0.39, 0.29) is 18.4 Å². The predicted molar refractivity (Wildman–Crippen MR) is 130 cm³/mol. The molecule has 0 aliphatic rings. The lowest BCUT2D eigenvalue weighted by Crippen LogP contribution is -2.50. The number of methoxy groups -OCH3 is 1. The zero-order valence-electron chi connectivity index (χ0n) is 19.3. The average Bonchev–Trinajstić information content (AvgIpc) is 2.81. The third-order valence-corrected chi connectivity index (χ3v) is 5.82. The summed E-state index contributed by atoms with van der Waals surface area (Å²) in [6.07, 6.45) is 2.25. The van der Waals surface area contributed by atoms with E-state index in [1.807, 2.05) is 56.3 Å². The van der Waals surface area contributed by atoms with Gasteiger partial charge in [0.2, 0.25) is 5.91 Å². The number of carbonyl (C=O) groups excluding carboxylic acids is 2. The van der Waals surface area contributed by atoms with Crippen molar-refractivity contribution in [3.63, 3.8) is 0 Å². The van der Waals surface area contributed by atoms with Crippen LogP contribution in [-0.4, -0.2) is 43.0 Å². The van der Waals surface area contributed by atoms with Gasteiger partial charge in [-0.1, -0.05) is 39.0 Å². The van der Waals surface area contributed by atoms with Crippen molar-refractivity contribution >= 4 is 27.7 Å². The summed E-state index contributed by atoms with van der Waals surface area (Å²) in [4.78, 5) is 27.6. The molecule has 0 fully saturated rings. The molecule has 2 rings (SSSR count). The molecule has 0 radical (unpaired) electrons. The summed E-state index contributed by atoms with van der Waals surface area (Å²) in [6.45, 7) is 6.71. The van der Waals surface area contributed by atoms with Gasteiger partial charge in [0.1, 0.15) is 17.5 Å². The van der Waals surface area contributed by atoms with Crippen molar-refractivity contribution in [3.8, 4) is 11.5 Å². The van der Waals surface area contributed by atoms with Crippen LogP contribution in [0.25, 0.3) is 0 Å². The second-order valence-electron chi connectivity index (χ2n) is 7.49. The van der Waals surface area contributed by atoms with E-state index < -0.39 is 6.04 Å². The molecular formula is C25H33BrN2O4. The number of hydrogen-bond donors (Lipinski definition) is 1. The summed E-state index contributed by atoms with van der Waals surface area (Å²) >= 11 is 3.51. The van der Waals surface area contributed by atoms with Gasteiger partial charge in [-0.25, -0.2) is 0 Å². The summed E-state index contributed by atoms with van der Waals surface area (Å²) in [5, 5.41) is 2.92. The van der Waals surface area contributed by atoms with Gasteiger partial charge in [-0.2, -0.15) is 0 Å². The Hall–Kier alpha value is -2.54. The van der Waals surface area contributed by atoms with Crippen LogP contribution in [0.5, 0.6) is 11.5 Å².